The summed E-state index contributed by atoms with van der Waals surface area (Å²) >= 11 is 16.6. The van der Waals surface area contributed by atoms with Gasteiger partial charge in [0.25, 0.3) is 0 Å². The van der Waals surface area contributed by atoms with Crippen LogP contribution in [0.5, 0.6) is 0 Å². The van der Waals surface area contributed by atoms with Crippen molar-refractivity contribution < 1.29 is 13.2 Å². The van der Waals surface area contributed by atoms with Crippen LogP contribution >= 0.6 is 34.8 Å². The van der Waals surface area contributed by atoms with E-state index in [1.54, 1.807) is 24.4 Å². The fraction of sp³-hybridized carbons (Fsp3) is 0.375. The highest BCUT2D eigenvalue weighted by atomic mass is 35.6. The third kappa shape index (κ3) is 11.5. The Morgan fingerprint density at radius 1 is 0.708 bits per heavy atom. The number of rotatable bonds is 0. The fourth-order valence-electron chi connectivity index (χ4n) is 1.06. The van der Waals surface area contributed by atoms with Gasteiger partial charge in [0.15, 0.2) is 0 Å². The summed E-state index contributed by atoms with van der Waals surface area (Å²) in [5.74, 6) is 0. The zero-order chi connectivity index (χ0) is 19.2. The first-order valence-electron chi connectivity index (χ1n) is 7.17. The predicted molar refractivity (Wildman–Crippen MR) is 95.4 cm³/mol. The van der Waals surface area contributed by atoms with Crippen LogP contribution in [0.3, 0.4) is 0 Å². The van der Waals surface area contributed by atoms with E-state index in [2.05, 4.69) is 9.97 Å². The van der Waals surface area contributed by atoms with Crippen molar-refractivity contribution in [3.63, 3.8) is 0 Å². The molecule has 24 heavy (non-hydrogen) atoms. The minimum Gasteiger partial charge on any atom is -0.257 e. The number of nitrogens with zero attached hydrogens (tertiary/aromatic N) is 2. The zero-order valence-corrected chi connectivity index (χ0v) is 16.0. The van der Waals surface area contributed by atoms with E-state index >= 15 is 0 Å². The van der Waals surface area contributed by atoms with Crippen LogP contribution in [0.4, 0.5) is 13.2 Å². The largest absolute Gasteiger partial charge is 0.433 e. The molecule has 0 aliphatic heterocycles. The van der Waals surface area contributed by atoms with Gasteiger partial charge in [-0.1, -0.05) is 74.6 Å². The van der Waals surface area contributed by atoms with E-state index in [1.165, 1.54) is 12.1 Å². The minimum atomic E-state index is -4.32. The van der Waals surface area contributed by atoms with Gasteiger partial charge < -0.3 is 0 Å². The number of aromatic nitrogens is 2. The number of hydrogen-bond donors (Lipinski definition) is 0. The first-order valence-corrected chi connectivity index (χ1v) is 8.31. The van der Waals surface area contributed by atoms with Gasteiger partial charge in [-0.25, -0.2) is 0 Å². The van der Waals surface area contributed by atoms with Gasteiger partial charge in [-0.05, 0) is 24.3 Å². The lowest BCUT2D eigenvalue weighted by atomic mass is 10.3. The second-order valence-corrected chi connectivity index (χ2v) is 5.71. The SMILES string of the molecule is CC.CC.ClC(Cl)(Cl)c1ccccn1.FC(F)(F)c1ccccn1. The van der Waals surface area contributed by atoms with E-state index in [1.807, 2.05) is 27.7 Å². The van der Waals surface area contributed by atoms with E-state index in [0.29, 0.717) is 5.69 Å². The molecular formula is C16H20Cl3F3N2. The van der Waals surface area contributed by atoms with Gasteiger partial charge >= 0.3 is 6.18 Å². The lowest BCUT2D eigenvalue weighted by molar-refractivity contribution is -0.141. The van der Waals surface area contributed by atoms with E-state index in [4.69, 9.17) is 34.8 Å². The maximum atomic E-state index is 11.7. The second kappa shape index (κ2) is 13.3. The summed E-state index contributed by atoms with van der Waals surface area (Å²) in [6.07, 6.45) is -1.62. The molecule has 0 aliphatic rings. The van der Waals surface area contributed by atoms with Crippen molar-refractivity contribution in [1.29, 1.82) is 0 Å². The Morgan fingerprint density at radius 3 is 1.25 bits per heavy atom. The molecule has 0 amide bonds. The Hall–Kier alpha value is -1.04. The van der Waals surface area contributed by atoms with Crippen LogP contribution in [0.15, 0.2) is 48.8 Å². The average Bonchev–Trinajstić information content (AvgIpc) is 2.59. The van der Waals surface area contributed by atoms with Gasteiger partial charge in [-0.15, -0.1) is 0 Å². The first-order chi connectivity index (χ1) is 11.2. The molecule has 0 saturated carbocycles. The molecular weight excluding hydrogens is 384 g/mol. The lowest BCUT2D eigenvalue weighted by Gasteiger charge is -2.07. The fourth-order valence-corrected chi connectivity index (χ4v) is 1.40. The average molecular weight is 404 g/mol. The van der Waals surface area contributed by atoms with Crippen molar-refractivity contribution >= 4 is 34.8 Å². The highest BCUT2D eigenvalue weighted by Crippen LogP contribution is 2.36. The van der Waals surface area contributed by atoms with Crippen molar-refractivity contribution in [2.75, 3.05) is 0 Å². The van der Waals surface area contributed by atoms with Gasteiger partial charge in [-0.3, -0.25) is 9.97 Å². The summed E-state index contributed by atoms with van der Waals surface area (Å²) in [5.41, 5.74) is -0.407. The summed E-state index contributed by atoms with van der Waals surface area (Å²) in [6.45, 7) is 8.00. The van der Waals surface area contributed by atoms with Gasteiger partial charge in [0.1, 0.15) is 5.69 Å². The van der Waals surface area contributed by atoms with E-state index in [0.717, 1.165) is 12.3 Å². The Kier molecular flexibility index (Phi) is 13.9. The second-order valence-electron chi connectivity index (χ2n) is 3.43. The smallest absolute Gasteiger partial charge is 0.257 e. The van der Waals surface area contributed by atoms with Crippen molar-refractivity contribution in [3.8, 4) is 0 Å². The molecule has 0 aliphatic carbocycles. The number of pyridine rings is 2. The quantitative estimate of drug-likeness (QED) is 0.440. The molecule has 2 aromatic heterocycles. The molecule has 0 aromatic carbocycles. The molecule has 0 radical (unpaired) electrons. The Balaban J connectivity index is 0. The highest BCUT2D eigenvalue weighted by Gasteiger charge is 2.31. The number of hydrogen-bond acceptors (Lipinski definition) is 2. The van der Waals surface area contributed by atoms with Crippen molar-refractivity contribution in [2.24, 2.45) is 0 Å². The maximum absolute atomic E-state index is 11.7. The molecule has 0 N–H and O–H groups in total. The predicted octanol–water partition coefficient (Wildman–Crippen LogP) is 7.06. The van der Waals surface area contributed by atoms with Crippen LogP contribution in [0.25, 0.3) is 0 Å². The van der Waals surface area contributed by atoms with Crippen LogP contribution < -0.4 is 0 Å². The van der Waals surface area contributed by atoms with E-state index < -0.39 is 15.7 Å². The molecule has 2 rings (SSSR count). The standard InChI is InChI=1S/C6H4Cl3N.C6H4F3N.2C2H6/c2*7-6(8,9)5-3-1-2-4-10-5;2*1-2/h2*1-4H;2*1-2H3. The van der Waals surface area contributed by atoms with Crippen LogP contribution in [0.1, 0.15) is 39.1 Å². The molecule has 0 saturated heterocycles. The van der Waals surface area contributed by atoms with Gasteiger partial charge in [0.2, 0.25) is 3.79 Å². The topological polar surface area (TPSA) is 25.8 Å². The molecule has 0 fully saturated rings. The summed E-state index contributed by atoms with van der Waals surface area (Å²) in [6, 6.07) is 8.86. The first kappa shape index (κ1) is 25.2. The molecule has 0 atom stereocenters. The zero-order valence-electron chi connectivity index (χ0n) is 13.8. The molecule has 2 aromatic rings. The maximum Gasteiger partial charge on any atom is 0.433 e. The summed E-state index contributed by atoms with van der Waals surface area (Å²) in [4.78, 5) is 6.98. The van der Waals surface area contributed by atoms with Crippen LogP contribution in [0, 0.1) is 0 Å². The molecule has 2 heterocycles. The van der Waals surface area contributed by atoms with Gasteiger partial charge in [-0.2, -0.15) is 13.2 Å². The molecule has 0 unspecified atom stereocenters. The monoisotopic (exact) mass is 402 g/mol. The van der Waals surface area contributed by atoms with Crippen molar-refractivity contribution in [3.05, 3.63) is 60.2 Å². The van der Waals surface area contributed by atoms with Crippen LogP contribution in [0.2, 0.25) is 0 Å². The molecule has 136 valence electrons. The van der Waals surface area contributed by atoms with E-state index in [9.17, 15) is 13.2 Å². The Morgan fingerprint density at radius 2 is 1.08 bits per heavy atom. The molecule has 0 spiro atoms. The van der Waals surface area contributed by atoms with Crippen molar-refractivity contribution in [1.82, 2.24) is 9.97 Å². The van der Waals surface area contributed by atoms with Gasteiger partial charge in [0, 0.05) is 12.4 Å². The molecule has 2 nitrogen and oxygen atoms in total. The van der Waals surface area contributed by atoms with Gasteiger partial charge in [0.05, 0.1) is 5.69 Å². The Labute approximate surface area is 156 Å². The lowest BCUT2D eigenvalue weighted by Crippen LogP contribution is -2.06. The summed E-state index contributed by atoms with van der Waals surface area (Å²) in [5, 5.41) is 0. The third-order valence-corrected chi connectivity index (χ3v) is 2.49. The summed E-state index contributed by atoms with van der Waals surface area (Å²) in [7, 11) is 0. The molecule has 8 heteroatoms. The summed E-state index contributed by atoms with van der Waals surface area (Å²) < 4.78 is 33.8. The van der Waals surface area contributed by atoms with Crippen molar-refractivity contribution in [2.45, 2.75) is 37.7 Å². The van der Waals surface area contributed by atoms with Crippen LogP contribution in [-0.2, 0) is 9.97 Å². The highest BCUT2D eigenvalue weighted by molar-refractivity contribution is 6.66. The van der Waals surface area contributed by atoms with Crippen LogP contribution in [-0.4, -0.2) is 9.97 Å². The number of alkyl halides is 6. The Bertz CT molecular complexity index is 466. The van der Waals surface area contributed by atoms with E-state index in [-0.39, 0.29) is 0 Å². The number of halogens is 6. The minimum absolute atomic E-state index is 0.444. The molecule has 0 bridgehead atoms. The normalized spacial score (nSPS) is 10.1. The third-order valence-electron chi connectivity index (χ3n) is 1.91.